The number of hydrogen-bond acceptors (Lipinski definition) is 2. The molecule has 80 valence electrons. The van der Waals surface area contributed by atoms with Gasteiger partial charge in [-0.3, -0.25) is 4.79 Å². The molecule has 0 amide bonds. The summed E-state index contributed by atoms with van der Waals surface area (Å²) < 4.78 is 5.30. The van der Waals surface area contributed by atoms with Crippen molar-refractivity contribution in [3.63, 3.8) is 0 Å². The first kappa shape index (κ1) is 10.7. The molecule has 1 atom stereocenters. The smallest absolute Gasteiger partial charge is 0.140 e. The Bertz CT molecular complexity index is 362. The summed E-state index contributed by atoms with van der Waals surface area (Å²) in [6.07, 6.45) is 1.28. The summed E-state index contributed by atoms with van der Waals surface area (Å²) >= 11 is 5.88. The van der Waals surface area contributed by atoms with E-state index in [0.717, 1.165) is 17.0 Å². The molecule has 0 aromatic heterocycles. The first-order chi connectivity index (χ1) is 7.25. The van der Waals surface area contributed by atoms with Crippen LogP contribution in [0.5, 0.6) is 0 Å². The van der Waals surface area contributed by atoms with E-state index in [-0.39, 0.29) is 5.92 Å². The Labute approximate surface area is 94.2 Å². The molecule has 1 saturated heterocycles. The maximum atomic E-state index is 11.6. The summed E-state index contributed by atoms with van der Waals surface area (Å²) in [5, 5.41) is 0.719. The third kappa shape index (κ3) is 2.80. The minimum Gasteiger partial charge on any atom is -0.380 e. The zero-order valence-corrected chi connectivity index (χ0v) is 9.17. The molecule has 0 bridgehead atoms. The van der Waals surface area contributed by atoms with Gasteiger partial charge in [0, 0.05) is 17.4 Å². The highest BCUT2D eigenvalue weighted by atomic mass is 35.5. The molecule has 15 heavy (non-hydrogen) atoms. The number of rotatable bonds is 2. The highest BCUT2D eigenvalue weighted by Crippen LogP contribution is 2.18. The highest BCUT2D eigenvalue weighted by Gasteiger charge is 2.22. The number of carbonyl (C=O) groups excluding carboxylic acids is 1. The van der Waals surface area contributed by atoms with Crippen LogP contribution in [0, 0.1) is 5.92 Å². The minimum atomic E-state index is 0.0113. The second-order valence-corrected chi connectivity index (χ2v) is 4.26. The molecule has 0 unspecified atom stereocenters. The van der Waals surface area contributed by atoms with Crippen molar-refractivity contribution in [3.05, 3.63) is 34.9 Å². The van der Waals surface area contributed by atoms with E-state index >= 15 is 0 Å². The molecule has 1 aromatic carbocycles. The largest absolute Gasteiger partial charge is 0.380 e. The van der Waals surface area contributed by atoms with Crippen LogP contribution in [-0.2, 0) is 16.0 Å². The number of benzene rings is 1. The Hall–Kier alpha value is -0.860. The first-order valence-electron chi connectivity index (χ1n) is 5.10. The topological polar surface area (TPSA) is 26.3 Å². The normalized spacial score (nSPS) is 21.7. The maximum Gasteiger partial charge on any atom is 0.140 e. The van der Waals surface area contributed by atoms with Crippen LogP contribution >= 0.6 is 11.6 Å². The lowest BCUT2D eigenvalue weighted by Crippen LogP contribution is -2.29. The summed E-state index contributed by atoms with van der Waals surface area (Å²) in [6, 6.07) is 7.65. The number of ether oxygens (including phenoxy) is 1. The van der Waals surface area contributed by atoms with Crippen LogP contribution in [0.4, 0.5) is 0 Å². The average molecular weight is 225 g/mol. The second-order valence-electron chi connectivity index (χ2n) is 3.82. The minimum absolute atomic E-state index is 0.0113. The van der Waals surface area contributed by atoms with Crippen molar-refractivity contribution in [1.82, 2.24) is 0 Å². The Kier molecular flexibility index (Phi) is 3.39. The van der Waals surface area contributed by atoms with Gasteiger partial charge in [0.25, 0.3) is 0 Å². The SMILES string of the molecule is O=C1CCOC[C@H]1Cc1cccc(Cl)c1. The fraction of sp³-hybridized carbons (Fsp3) is 0.417. The number of Topliss-reactive ketones (excluding diaryl/α,β-unsaturated/α-hetero) is 1. The summed E-state index contributed by atoms with van der Waals surface area (Å²) in [5.74, 6) is 0.318. The van der Waals surface area contributed by atoms with Gasteiger partial charge in [-0.25, -0.2) is 0 Å². The van der Waals surface area contributed by atoms with Gasteiger partial charge in [0.2, 0.25) is 0 Å². The van der Waals surface area contributed by atoms with Gasteiger partial charge in [0.15, 0.2) is 0 Å². The Morgan fingerprint density at radius 1 is 1.47 bits per heavy atom. The molecule has 1 heterocycles. The molecule has 1 fully saturated rings. The third-order valence-electron chi connectivity index (χ3n) is 2.64. The predicted octanol–water partition coefficient (Wildman–Crippen LogP) is 2.49. The zero-order chi connectivity index (χ0) is 10.7. The van der Waals surface area contributed by atoms with E-state index in [0.29, 0.717) is 25.4 Å². The quantitative estimate of drug-likeness (QED) is 0.772. The second kappa shape index (κ2) is 4.77. The van der Waals surface area contributed by atoms with Crippen molar-refractivity contribution in [2.45, 2.75) is 12.8 Å². The molecular formula is C12H13ClO2. The fourth-order valence-electron chi connectivity index (χ4n) is 1.82. The van der Waals surface area contributed by atoms with Gasteiger partial charge in [-0.15, -0.1) is 0 Å². The van der Waals surface area contributed by atoms with Crippen molar-refractivity contribution in [2.75, 3.05) is 13.2 Å². The number of halogens is 1. The number of hydrogen-bond donors (Lipinski definition) is 0. The molecular weight excluding hydrogens is 212 g/mol. The van der Waals surface area contributed by atoms with Gasteiger partial charge < -0.3 is 4.74 Å². The fourth-order valence-corrected chi connectivity index (χ4v) is 2.03. The van der Waals surface area contributed by atoms with E-state index in [9.17, 15) is 4.79 Å². The molecule has 0 saturated carbocycles. The number of carbonyl (C=O) groups is 1. The van der Waals surface area contributed by atoms with Gasteiger partial charge in [-0.2, -0.15) is 0 Å². The van der Waals surface area contributed by atoms with Crippen molar-refractivity contribution < 1.29 is 9.53 Å². The lowest BCUT2D eigenvalue weighted by atomic mass is 9.93. The van der Waals surface area contributed by atoms with Gasteiger partial charge in [-0.1, -0.05) is 23.7 Å². The van der Waals surface area contributed by atoms with Crippen LogP contribution in [-0.4, -0.2) is 19.0 Å². The molecule has 1 aliphatic heterocycles. The highest BCUT2D eigenvalue weighted by molar-refractivity contribution is 6.30. The van der Waals surface area contributed by atoms with E-state index in [1.54, 1.807) is 0 Å². The number of ketones is 1. The van der Waals surface area contributed by atoms with Gasteiger partial charge in [0.05, 0.1) is 13.2 Å². The molecule has 1 aliphatic rings. The van der Waals surface area contributed by atoms with E-state index in [1.165, 1.54) is 0 Å². The summed E-state index contributed by atoms with van der Waals surface area (Å²) in [5.41, 5.74) is 1.10. The van der Waals surface area contributed by atoms with Gasteiger partial charge >= 0.3 is 0 Å². The van der Waals surface area contributed by atoms with Crippen LogP contribution in [0.1, 0.15) is 12.0 Å². The van der Waals surface area contributed by atoms with Gasteiger partial charge in [0.1, 0.15) is 5.78 Å². The molecule has 0 radical (unpaired) electrons. The lowest BCUT2D eigenvalue weighted by molar-refractivity contribution is -0.130. The molecule has 0 aliphatic carbocycles. The van der Waals surface area contributed by atoms with Gasteiger partial charge in [-0.05, 0) is 24.1 Å². The standard InChI is InChI=1S/C12H13ClO2/c13-11-3-1-2-9(7-11)6-10-8-15-5-4-12(10)14/h1-3,7,10H,4-6,8H2/t10-/m1/s1. The Morgan fingerprint density at radius 2 is 2.33 bits per heavy atom. The predicted molar refractivity (Wildman–Crippen MR) is 59.1 cm³/mol. The maximum absolute atomic E-state index is 11.6. The van der Waals surface area contributed by atoms with Crippen LogP contribution < -0.4 is 0 Å². The monoisotopic (exact) mass is 224 g/mol. The van der Waals surface area contributed by atoms with E-state index < -0.39 is 0 Å². The summed E-state index contributed by atoms with van der Waals surface area (Å²) in [6.45, 7) is 1.12. The van der Waals surface area contributed by atoms with E-state index in [2.05, 4.69) is 0 Å². The summed E-state index contributed by atoms with van der Waals surface area (Å²) in [4.78, 5) is 11.6. The van der Waals surface area contributed by atoms with Crippen LogP contribution in [0.15, 0.2) is 24.3 Å². The van der Waals surface area contributed by atoms with Crippen molar-refractivity contribution in [1.29, 1.82) is 0 Å². The Morgan fingerprint density at radius 3 is 3.07 bits per heavy atom. The average Bonchev–Trinajstić information content (AvgIpc) is 2.22. The lowest BCUT2D eigenvalue weighted by Gasteiger charge is -2.20. The van der Waals surface area contributed by atoms with Crippen LogP contribution in [0.25, 0.3) is 0 Å². The molecule has 1 aromatic rings. The van der Waals surface area contributed by atoms with Crippen LogP contribution in [0.2, 0.25) is 5.02 Å². The van der Waals surface area contributed by atoms with Crippen molar-refractivity contribution in [2.24, 2.45) is 5.92 Å². The van der Waals surface area contributed by atoms with E-state index in [1.807, 2.05) is 24.3 Å². The molecule has 3 heteroatoms. The van der Waals surface area contributed by atoms with Crippen molar-refractivity contribution in [3.8, 4) is 0 Å². The van der Waals surface area contributed by atoms with Crippen LogP contribution in [0.3, 0.4) is 0 Å². The van der Waals surface area contributed by atoms with E-state index in [4.69, 9.17) is 16.3 Å². The molecule has 0 spiro atoms. The third-order valence-corrected chi connectivity index (χ3v) is 2.87. The molecule has 2 nitrogen and oxygen atoms in total. The Balaban J connectivity index is 2.04. The zero-order valence-electron chi connectivity index (χ0n) is 8.41. The molecule has 2 rings (SSSR count). The summed E-state index contributed by atoms with van der Waals surface area (Å²) in [7, 11) is 0. The first-order valence-corrected chi connectivity index (χ1v) is 5.48. The molecule has 0 N–H and O–H groups in total. The van der Waals surface area contributed by atoms with Crippen molar-refractivity contribution >= 4 is 17.4 Å².